The number of benzene rings is 3. The van der Waals surface area contributed by atoms with Gasteiger partial charge in [0, 0.05) is 50.6 Å². The number of terminal acetylenes is 2. The van der Waals surface area contributed by atoms with Gasteiger partial charge in [-0.25, -0.2) is 19.6 Å². The van der Waals surface area contributed by atoms with Crippen LogP contribution in [0.1, 0.15) is 109 Å². The molecule has 0 bridgehead atoms. The van der Waals surface area contributed by atoms with E-state index in [1.54, 1.807) is 14.2 Å². The summed E-state index contributed by atoms with van der Waals surface area (Å²) >= 11 is 0. The SMILES string of the molecule is C#C.C#C.CCCCC(=O)N(Cc1ncc(-c2ccc3c(c2)COc2cc4c(ccc5[nH]c([C@@H]6CCCN6C(=O)C[C@H](C)CC)nc54)cc2-3)[nH]1)[C@@H](C)CC.COC.COC(N)=O.COC(N)=O. The molecule has 3 atom stereocenters. The number of amides is 4. The molecule has 6 N–H and O–H groups in total. The molecule has 362 valence electrons. The van der Waals surface area contributed by atoms with Crippen LogP contribution in [0.3, 0.4) is 0 Å². The minimum absolute atomic E-state index is 0.0120. The molecule has 0 saturated carbocycles. The van der Waals surface area contributed by atoms with E-state index in [1.165, 1.54) is 14.2 Å². The van der Waals surface area contributed by atoms with Crippen molar-refractivity contribution in [3.63, 3.8) is 0 Å². The summed E-state index contributed by atoms with van der Waals surface area (Å²) < 4.78 is 18.4. The Hall–Kier alpha value is -7.04. The third-order valence-electron chi connectivity index (χ3n) is 11.3. The van der Waals surface area contributed by atoms with Crippen molar-refractivity contribution in [1.82, 2.24) is 29.7 Å². The predicted octanol–water partition coefficient (Wildman–Crippen LogP) is 9.27. The zero-order valence-electron chi connectivity index (χ0n) is 40.6. The first-order valence-electron chi connectivity index (χ1n) is 22.3. The van der Waals surface area contributed by atoms with E-state index in [-0.39, 0.29) is 23.9 Å². The molecular formula is C51H70N8O8. The van der Waals surface area contributed by atoms with E-state index < -0.39 is 12.2 Å². The second kappa shape index (κ2) is 28.8. The number of likely N-dealkylation sites (tertiary alicyclic amines) is 1. The average molecular weight is 923 g/mol. The predicted molar refractivity (Wildman–Crippen MR) is 264 cm³/mol. The van der Waals surface area contributed by atoms with Crippen molar-refractivity contribution in [2.45, 2.75) is 111 Å². The number of imidazole rings is 2. The highest BCUT2D eigenvalue weighted by Gasteiger charge is 2.33. The molecule has 1 saturated heterocycles. The topological polar surface area (TPSA) is 221 Å². The Kier molecular flexibility index (Phi) is 24.1. The molecule has 0 aliphatic carbocycles. The maximum Gasteiger partial charge on any atom is 0.404 e. The summed E-state index contributed by atoms with van der Waals surface area (Å²) in [6.45, 7) is 12.4. The van der Waals surface area contributed by atoms with E-state index in [1.807, 2.05) is 16.0 Å². The number of nitrogens with two attached hydrogens (primary N) is 2. The number of nitrogens with one attached hydrogen (secondary N) is 2. The Morgan fingerprint density at radius 2 is 1.57 bits per heavy atom. The number of ether oxygens (including phenoxy) is 4. The van der Waals surface area contributed by atoms with Gasteiger partial charge in [0.05, 0.1) is 49.7 Å². The van der Waals surface area contributed by atoms with Gasteiger partial charge in [0.25, 0.3) is 0 Å². The second-order valence-corrected chi connectivity index (χ2v) is 15.9. The van der Waals surface area contributed by atoms with Crippen molar-refractivity contribution in [3.05, 3.63) is 65.9 Å². The number of H-pyrrole nitrogens is 2. The van der Waals surface area contributed by atoms with Crippen molar-refractivity contribution >= 4 is 45.8 Å². The number of unbranched alkanes of at least 4 members (excludes halogenated alkanes) is 1. The summed E-state index contributed by atoms with van der Waals surface area (Å²) in [6, 6.07) is 15.2. The van der Waals surface area contributed by atoms with Crippen molar-refractivity contribution in [2.24, 2.45) is 17.4 Å². The largest absolute Gasteiger partial charge is 0.488 e. The van der Waals surface area contributed by atoms with Crippen LogP contribution in [-0.4, -0.2) is 94.8 Å². The number of fused-ring (bicyclic) bond motifs is 6. The monoisotopic (exact) mass is 923 g/mol. The molecular weight excluding hydrogens is 853 g/mol. The van der Waals surface area contributed by atoms with E-state index in [0.29, 0.717) is 31.9 Å². The molecule has 3 aromatic carbocycles. The highest BCUT2D eigenvalue weighted by atomic mass is 16.5. The van der Waals surface area contributed by atoms with Gasteiger partial charge in [0.2, 0.25) is 11.8 Å². The molecule has 0 unspecified atom stereocenters. The van der Waals surface area contributed by atoms with Gasteiger partial charge in [-0.15, -0.1) is 25.7 Å². The molecule has 4 amide bonds. The number of nitrogens with zero attached hydrogens (tertiary/aromatic N) is 4. The first-order chi connectivity index (χ1) is 32.2. The summed E-state index contributed by atoms with van der Waals surface area (Å²) in [5.74, 6) is 3.32. The third-order valence-corrected chi connectivity index (χ3v) is 11.3. The highest BCUT2D eigenvalue weighted by Crippen LogP contribution is 2.43. The summed E-state index contributed by atoms with van der Waals surface area (Å²) in [6.07, 6.45) is 23.3. The van der Waals surface area contributed by atoms with Gasteiger partial charge in [0.15, 0.2) is 0 Å². The van der Waals surface area contributed by atoms with Gasteiger partial charge >= 0.3 is 12.2 Å². The fourth-order valence-electron chi connectivity index (χ4n) is 7.47. The van der Waals surface area contributed by atoms with Gasteiger partial charge in [-0.1, -0.05) is 58.7 Å². The molecule has 2 aromatic heterocycles. The Labute approximate surface area is 395 Å². The zero-order valence-corrected chi connectivity index (χ0v) is 40.6. The third kappa shape index (κ3) is 15.5. The van der Waals surface area contributed by atoms with Crippen LogP contribution in [0.5, 0.6) is 5.75 Å². The molecule has 16 nitrogen and oxygen atoms in total. The first kappa shape index (κ1) is 56.1. The lowest BCUT2D eigenvalue weighted by Gasteiger charge is -2.28. The molecule has 67 heavy (non-hydrogen) atoms. The van der Waals surface area contributed by atoms with Crippen LogP contribution in [0.25, 0.3) is 44.2 Å². The van der Waals surface area contributed by atoms with E-state index in [4.69, 9.17) is 9.72 Å². The molecule has 0 radical (unpaired) electrons. The van der Waals surface area contributed by atoms with Crippen molar-refractivity contribution < 1.29 is 38.1 Å². The lowest BCUT2D eigenvalue weighted by molar-refractivity contribution is -0.134. The van der Waals surface area contributed by atoms with Crippen LogP contribution < -0.4 is 16.2 Å². The van der Waals surface area contributed by atoms with Crippen molar-refractivity contribution in [2.75, 3.05) is 35.0 Å². The Morgan fingerprint density at radius 1 is 0.910 bits per heavy atom. The number of carbonyl (C=O) groups excluding carboxylic acids is 4. The molecule has 1 fully saturated rings. The van der Waals surface area contributed by atoms with E-state index >= 15 is 0 Å². The number of methoxy groups -OCH3 is 3. The van der Waals surface area contributed by atoms with E-state index in [9.17, 15) is 19.2 Å². The molecule has 2 aliphatic heterocycles. The lowest BCUT2D eigenvalue weighted by atomic mass is 9.92. The van der Waals surface area contributed by atoms with Crippen molar-refractivity contribution in [1.29, 1.82) is 0 Å². The molecule has 2 aliphatic rings. The van der Waals surface area contributed by atoms with Crippen LogP contribution in [0.2, 0.25) is 0 Å². The molecule has 4 heterocycles. The fraction of sp³-hybridized carbons (Fsp3) is 0.451. The normalized spacial score (nSPS) is 13.7. The average Bonchev–Trinajstić information content (AvgIpc) is 4.14. The van der Waals surface area contributed by atoms with Crippen LogP contribution in [0, 0.1) is 31.6 Å². The quantitative estimate of drug-likeness (QED) is 0.0869. The smallest absolute Gasteiger partial charge is 0.404 e. The summed E-state index contributed by atoms with van der Waals surface area (Å²) in [7, 11) is 5.70. The molecule has 5 aromatic rings. The molecule has 0 spiro atoms. The zero-order chi connectivity index (χ0) is 50.2. The maximum absolute atomic E-state index is 13.2. The van der Waals surface area contributed by atoms with E-state index in [2.05, 4.69) is 143 Å². The molecule has 7 rings (SSSR count). The molecule has 16 heteroatoms. The van der Waals surface area contributed by atoms with Crippen LogP contribution in [0.15, 0.2) is 48.7 Å². The van der Waals surface area contributed by atoms with Crippen LogP contribution in [-0.2, 0) is 37.0 Å². The van der Waals surface area contributed by atoms with Gasteiger partial charge in [0.1, 0.15) is 24.0 Å². The number of aromatic nitrogens is 4. The Balaban J connectivity index is 0.000000790. The minimum Gasteiger partial charge on any atom is -0.488 e. The lowest BCUT2D eigenvalue weighted by Crippen LogP contribution is -2.38. The van der Waals surface area contributed by atoms with Crippen LogP contribution >= 0.6 is 0 Å². The minimum atomic E-state index is -0.745. The summed E-state index contributed by atoms with van der Waals surface area (Å²) in [5, 5.41) is 2.15. The van der Waals surface area contributed by atoms with Gasteiger partial charge in [-0.3, -0.25) is 9.59 Å². The van der Waals surface area contributed by atoms with Gasteiger partial charge in [-0.2, -0.15) is 0 Å². The van der Waals surface area contributed by atoms with Crippen molar-refractivity contribution in [3.8, 4) is 53.8 Å². The van der Waals surface area contributed by atoms with E-state index in [0.717, 1.165) is 112 Å². The highest BCUT2D eigenvalue weighted by molar-refractivity contribution is 6.07. The number of rotatable bonds is 12. The number of carbonyl (C=O) groups is 4. The number of primary amides is 2. The fourth-order valence-corrected chi connectivity index (χ4v) is 7.47. The number of hydrogen-bond acceptors (Lipinski definition) is 10. The second-order valence-electron chi connectivity index (χ2n) is 15.9. The number of hydrogen-bond donors (Lipinski definition) is 4. The maximum atomic E-state index is 13.2. The Bertz CT molecular complexity index is 2380. The first-order valence-corrected chi connectivity index (χ1v) is 22.3. The summed E-state index contributed by atoms with van der Waals surface area (Å²) in [5.41, 5.74) is 16.1. The summed E-state index contributed by atoms with van der Waals surface area (Å²) in [4.78, 5) is 65.7. The van der Waals surface area contributed by atoms with Crippen LogP contribution in [0.4, 0.5) is 9.59 Å². The Morgan fingerprint density at radius 3 is 2.16 bits per heavy atom. The van der Waals surface area contributed by atoms with Gasteiger partial charge in [-0.05, 0) is 84.9 Å². The number of aromatic amines is 2. The van der Waals surface area contributed by atoms with Gasteiger partial charge < -0.3 is 50.2 Å². The standard InChI is InChI=1S/C41H50N6O3.2C2H5NO2.C2H6O.2C2H2/c1-6-9-12-38(48)47(26(5)8-3)23-37-42-22-34(43-37)28-13-15-30-29(19-28)24-50-36-21-31-27(20-32(30)36)14-16-33-40(31)45-41(44-33)35-11-10-17-46(35)39(49)18-25(4)7-2;2*1-5-2(3)4;1-3-2;2*1-2/h13-16,19-22,25-26,35H,6-12,17-18,23-24H2,1-5H3,(H,42,43)(H,44,45);2*1H3,(H2,3,4);1-2H3;2*1-2H/t25-,26+,35+;;;;;/m1...../s1.